The zero-order valence-corrected chi connectivity index (χ0v) is 17.6. The predicted molar refractivity (Wildman–Crippen MR) is 120 cm³/mol. The van der Waals surface area contributed by atoms with Crippen molar-refractivity contribution in [3.63, 3.8) is 0 Å². The Bertz CT molecular complexity index is 1180. The van der Waals surface area contributed by atoms with Crippen molar-refractivity contribution in [1.29, 1.82) is 0 Å². The molecule has 0 aliphatic rings. The number of hydrazone groups is 1. The minimum Gasteiger partial charge on any atom is -0.495 e. The maximum absolute atomic E-state index is 12.4. The van der Waals surface area contributed by atoms with Crippen molar-refractivity contribution in [1.82, 2.24) is 5.43 Å². The van der Waals surface area contributed by atoms with Crippen LogP contribution in [0.15, 0.2) is 77.9 Å². The monoisotopic (exact) mass is 451 g/mol. The van der Waals surface area contributed by atoms with Gasteiger partial charge in [0.05, 0.1) is 29.6 Å². The zero-order chi connectivity index (χ0) is 22.9. The van der Waals surface area contributed by atoms with Crippen molar-refractivity contribution in [2.45, 2.75) is 0 Å². The fourth-order valence-corrected chi connectivity index (χ4v) is 2.81. The van der Waals surface area contributed by atoms with Gasteiger partial charge in [-0.3, -0.25) is 9.59 Å². The Labute approximate surface area is 188 Å². The summed E-state index contributed by atoms with van der Waals surface area (Å²) in [4.78, 5) is 36.5. The van der Waals surface area contributed by atoms with Crippen LogP contribution in [-0.2, 0) is 9.59 Å². The lowest BCUT2D eigenvalue weighted by molar-refractivity contribution is -0.136. The van der Waals surface area contributed by atoms with Crippen LogP contribution >= 0.6 is 11.6 Å². The molecule has 0 heterocycles. The SMILES string of the molecule is COc1ccccc1NC(=O)C(=O)N/N=C/c1ccccc1OC(=O)c1ccccc1Cl. The van der Waals surface area contributed by atoms with E-state index in [0.717, 1.165) is 0 Å². The van der Waals surface area contributed by atoms with Crippen LogP contribution in [0.2, 0.25) is 5.02 Å². The lowest BCUT2D eigenvalue weighted by Crippen LogP contribution is -2.32. The molecule has 3 aromatic rings. The quantitative estimate of drug-likeness (QED) is 0.195. The molecule has 0 saturated heterocycles. The molecule has 3 aromatic carbocycles. The first kappa shape index (κ1) is 22.5. The predicted octanol–water partition coefficient (Wildman–Crippen LogP) is 3.66. The molecular formula is C23H18ClN3O5. The third-order valence-corrected chi connectivity index (χ3v) is 4.48. The summed E-state index contributed by atoms with van der Waals surface area (Å²) in [6, 6.07) is 19.7. The maximum atomic E-state index is 12.4. The van der Waals surface area contributed by atoms with Crippen LogP contribution in [0.25, 0.3) is 0 Å². The molecule has 3 rings (SSSR count). The van der Waals surface area contributed by atoms with E-state index in [1.807, 2.05) is 0 Å². The third kappa shape index (κ3) is 5.71. The van der Waals surface area contributed by atoms with Gasteiger partial charge in [-0.2, -0.15) is 5.10 Å². The van der Waals surface area contributed by atoms with Gasteiger partial charge < -0.3 is 14.8 Å². The average molecular weight is 452 g/mol. The summed E-state index contributed by atoms with van der Waals surface area (Å²) < 4.78 is 10.5. The van der Waals surface area contributed by atoms with Gasteiger partial charge in [-0.05, 0) is 36.4 Å². The van der Waals surface area contributed by atoms with Gasteiger partial charge in [0.15, 0.2) is 0 Å². The topological polar surface area (TPSA) is 106 Å². The number of esters is 1. The standard InChI is InChI=1S/C23H18ClN3O5/c1-31-20-13-7-5-11-18(20)26-21(28)22(29)27-25-14-15-8-2-6-12-19(15)32-23(30)16-9-3-4-10-17(16)24/h2-14H,1H3,(H,26,28)(H,27,29)/b25-14+. The van der Waals surface area contributed by atoms with Gasteiger partial charge in [0.1, 0.15) is 11.5 Å². The van der Waals surface area contributed by atoms with E-state index in [1.54, 1.807) is 72.8 Å². The highest BCUT2D eigenvalue weighted by Gasteiger charge is 2.16. The fraction of sp³-hybridized carbons (Fsp3) is 0.0435. The minimum atomic E-state index is -0.988. The summed E-state index contributed by atoms with van der Waals surface area (Å²) in [5.41, 5.74) is 3.08. The molecule has 0 saturated carbocycles. The number of nitrogens with zero attached hydrogens (tertiary/aromatic N) is 1. The van der Waals surface area contributed by atoms with Crippen LogP contribution < -0.4 is 20.2 Å². The molecule has 0 spiro atoms. The van der Waals surface area contributed by atoms with E-state index in [0.29, 0.717) is 17.0 Å². The number of ether oxygens (including phenoxy) is 2. The molecule has 0 unspecified atom stereocenters. The first-order valence-corrected chi connectivity index (χ1v) is 9.70. The molecule has 0 aliphatic heterocycles. The van der Waals surface area contributed by atoms with E-state index >= 15 is 0 Å². The van der Waals surface area contributed by atoms with Crippen LogP contribution in [0, 0.1) is 0 Å². The number of nitrogens with one attached hydrogen (secondary N) is 2. The van der Waals surface area contributed by atoms with Gasteiger partial charge in [0, 0.05) is 5.56 Å². The van der Waals surface area contributed by atoms with Gasteiger partial charge in [-0.15, -0.1) is 0 Å². The fourth-order valence-electron chi connectivity index (χ4n) is 2.60. The summed E-state index contributed by atoms with van der Waals surface area (Å²) >= 11 is 6.03. The Balaban J connectivity index is 1.64. The summed E-state index contributed by atoms with van der Waals surface area (Å²) in [6.07, 6.45) is 1.25. The van der Waals surface area contributed by atoms with E-state index in [9.17, 15) is 14.4 Å². The Kier molecular flexibility index (Phi) is 7.55. The number of benzene rings is 3. The lowest BCUT2D eigenvalue weighted by Gasteiger charge is -2.09. The Hall–Kier alpha value is -4.17. The highest BCUT2D eigenvalue weighted by Crippen LogP contribution is 2.23. The van der Waals surface area contributed by atoms with Crippen LogP contribution in [0.1, 0.15) is 15.9 Å². The molecule has 0 radical (unpaired) electrons. The van der Waals surface area contributed by atoms with Crippen LogP contribution in [0.3, 0.4) is 0 Å². The largest absolute Gasteiger partial charge is 0.495 e. The number of para-hydroxylation sites is 3. The molecule has 0 atom stereocenters. The molecule has 32 heavy (non-hydrogen) atoms. The Morgan fingerprint density at radius 1 is 0.875 bits per heavy atom. The van der Waals surface area contributed by atoms with E-state index in [4.69, 9.17) is 21.1 Å². The van der Waals surface area contributed by atoms with Crippen molar-refractivity contribution in [2.24, 2.45) is 5.10 Å². The number of anilines is 1. The second-order valence-corrected chi connectivity index (χ2v) is 6.67. The Morgan fingerprint density at radius 2 is 1.53 bits per heavy atom. The number of rotatable bonds is 6. The molecule has 0 aliphatic carbocycles. The molecule has 2 N–H and O–H groups in total. The van der Waals surface area contributed by atoms with Gasteiger partial charge in [-0.1, -0.05) is 48.0 Å². The highest BCUT2D eigenvalue weighted by molar-refractivity contribution is 6.39. The zero-order valence-electron chi connectivity index (χ0n) is 16.9. The lowest BCUT2D eigenvalue weighted by atomic mass is 10.2. The van der Waals surface area contributed by atoms with Crippen LogP contribution in [0.4, 0.5) is 5.69 Å². The minimum absolute atomic E-state index is 0.203. The molecule has 0 fully saturated rings. The molecule has 0 bridgehead atoms. The van der Waals surface area contributed by atoms with E-state index in [1.165, 1.54) is 13.3 Å². The van der Waals surface area contributed by atoms with E-state index in [-0.39, 0.29) is 16.3 Å². The second-order valence-electron chi connectivity index (χ2n) is 6.26. The number of carbonyl (C=O) groups excluding carboxylic acids is 3. The van der Waals surface area contributed by atoms with Crippen molar-refractivity contribution in [2.75, 3.05) is 12.4 Å². The van der Waals surface area contributed by atoms with Gasteiger partial charge in [0.2, 0.25) is 0 Å². The molecule has 0 aromatic heterocycles. The second kappa shape index (κ2) is 10.7. The maximum Gasteiger partial charge on any atom is 0.345 e. The molecular weight excluding hydrogens is 434 g/mol. The van der Waals surface area contributed by atoms with Crippen molar-refractivity contribution < 1.29 is 23.9 Å². The van der Waals surface area contributed by atoms with E-state index in [2.05, 4.69) is 15.8 Å². The number of halogens is 1. The number of carbonyl (C=O) groups is 3. The van der Waals surface area contributed by atoms with Gasteiger partial charge >= 0.3 is 17.8 Å². The van der Waals surface area contributed by atoms with Crippen molar-refractivity contribution >= 4 is 41.3 Å². The summed E-state index contributed by atoms with van der Waals surface area (Å²) in [6.45, 7) is 0. The normalized spacial score (nSPS) is 10.4. The first-order chi connectivity index (χ1) is 15.5. The Morgan fingerprint density at radius 3 is 2.28 bits per heavy atom. The third-order valence-electron chi connectivity index (χ3n) is 4.15. The smallest absolute Gasteiger partial charge is 0.345 e. The number of amides is 2. The first-order valence-electron chi connectivity index (χ1n) is 9.32. The molecule has 2 amide bonds. The molecule has 8 nitrogen and oxygen atoms in total. The number of methoxy groups -OCH3 is 1. The highest BCUT2D eigenvalue weighted by atomic mass is 35.5. The van der Waals surface area contributed by atoms with Crippen molar-refractivity contribution in [3.05, 3.63) is 88.9 Å². The van der Waals surface area contributed by atoms with Crippen LogP contribution in [0.5, 0.6) is 11.5 Å². The average Bonchev–Trinajstić information content (AvgIpc) is 2.80. The number of hydrogen-bond donors (Lipinski definition) is 2. The van der Waals surface area contributed by atoms with Gasteiger partial charge in [-0.25, -0.2) is 10.2 Å². The van der Waals surface area contributed by atoms with Gasteiger partial charge in [0.25, 0.3) is 0 Å². The molecule has 162 valence electrons. The summed E-state index contributed by atoms with van der Waals surface area (Å²) in [7, 11) is 1.45. The summed E-state index contributed by atoms with van der Waals surface area (Å²) in [5, 5.41) is 6.47. The summed E-state index contributed by atoms with van der Waals surface area (Å²) in [5.74, 6) is -1.94. The van der Waals surface area contributed by atoms with Crippen molar-refractivity contribution in [3.8, 4) is 11.5 Å². The number of hydrogen-bond acceptors (Lipinski definition) is 6. The van der Waals surface area contributed by atoms with Crippen LogP contribution in [-0.4, -0.2) is 31.1 Å². The van der Waals surface area contributed by atoms with E-state index < -0.39 is 17.8 Å². The molecule has 9 heteroatoms.